The van der Waals surface area contributed by atoms with Crippen molar-refractivity contribution in [1.29, 1.82) is 0 Å². The highest BCUT2D eigenvalue weighted by Crippen LogP contribution is 2.16. The van der Waals surface area contributed by atoms with Crippen molar-refractivity contribution in [2.45, 2.75) is 26.4 Å². The van der Waals surface area contributed by atoms with Crippen LogP contribution in [-0.2, 0) is 13.5 Å². The molecule has 2 rings (SSSR count). The van der Waals surface area contributed by atoms with Gasteiger partial charge in [0.1, 0.15) is 0 Å². The molecule has 0 radical (unpaired) electrons. The molecule has 0 aliphatic heterocycles. The van der Waals surface area contributed by atoms with Crippen molar-refractivity contribution in [1.82, 2.24) is 20.4 Å². The second kappa shape index (κ2) is 7.78. The zero-order valence-electron chi connectivity index (χ0n) is 13.8. The Bertz CT molecular complexity index is 646. The molecule has 0 bridgehead atoms. The van der Waals surface area contributed by atoms with Gasteiger partial charge in [-0.25, -0.2) is 4.79 Å². The molecule has 0 saturated carbocycles. The van der Waals surface area contributed by atoms with Crippen LogP contribution < -0.4 is 10.6 Å². The van der Waals surface area contributed by atoms with E-state index in [0.29, 0.717) is 13.0 Å². The van der Waals surface area contributed by atoms with Crippen LogP contribution in [0.5, 0.6) is 0 Å². The summed E-state index contributed by atoms with van der Waals surface area (Å²) in [6.45, 7) is 4.68. The highest BCUT2D eigenvalue weighted by molar-refractivity contribution is 5.73. The molecular weight excluding hydrogens is 292 g/mol. The normalized spacial score (nSPS) is 12.0. The number of aromatic nitrogens is 2. The lowest BCUT2D eigenvalue weighted by Crippen LogP contribution is -2.38. The largest absolute Gasteiger partial charge is 0.387 e. The number of aliphatic hydroxyl groups is 1. The smallest absolute Gasteiger partial charge is 0.314 e. The fourth-order valence-electron chi connectivity index (χ4n) is 2.52. The van der Waals surface area contributed by atoms with E-state index in [1.165, 1.54) is 0 Å². The maximum Gasteiger partial charge on any atom is 0.314 e. The van der Waals surface area contributed by atoms with Crippen LogP contribution >= 0.6 is 0 Å². The van der Waals surface area contributed by atoms with Crippen molar-refractivity contribution in [3.63, 3.8) is 0 Å². The van der Waals surface area contributed by atoms with Gasteiger partial charge in [0, 0.05) is 38.4 Å². The zero-order chi connectivity index (χ0) is 16.8. The molecule has 0 spiro atoms. The molecule has 0 aliphatic carbocycles. The quantitative estimate of drug-likeness (QED) is 0.757. The van der Waals surface area contributed by atoms with E-state index in [0.717, 1.165) is 22.4 Å². The standard InChI is InChI=1S/C17H24N4O2/c1-12-8-13(2)10-14(9-12)16(22)11-19-17(23)18-6-4-15-5-7-20-21(15)3/h5,7-10,16,22H,4,6,11H2,1-3H3,(H2,18,19,23)/t16-/m0/s1. The number of carbonyl (C=O) groups excluding carboxylic acids is 1. The maximum absolute atomic E-state index is 11.8. The average molecular weight is 316 g/mol. The first kappa shape index (κ1) is 17.0. The van der Waals surface area contributed by atoms with Crippen molar-refractivity contribution in [2.24, 2.45) is 7.05 Å². The number of hydrogen-bond acceptors (Lipinski definition) is 3. The molecule has 0 unspecified atom stereocenters. The predicted octanol–water partition coefficient (Wildman–Crippen LogP) is 1.61. The minimum Gasteiger partial charge on any atom is -0.387 e. The topological polar surface area (TPSA) is 79.2 Å². The summed E-state index contributed by atoms with van der Waals surface area (Å²) in [5, 5.41) is 19.7. The lowest BCUT2D eigenvalue weighted by Gasteiger charge is -2.14. The SMILES string of the molecule is Cc1cc(C)cc([C@@H](O)CNC(=O)NCCc2ccnn2C)c1. The Hall–Kier alpha value is -2.34. The van der Waals surface area contributed by atoms with Crippen LogP contribution in [0.4, 0.5) is 4.79 Å². The Morgan fingerprint density at radius 2 is 1.96 bits per heavy atom. The molecule has 1 atom stereocenters. The summed E-state index contributed by atoms with van der Waals surface area (Å²) < 4.78 is 1.78. The molecule has 0 fully saturated rings. The number of carbonyl (C=O) groups is 1. The second-order valence-electron chi connectivity index (χ2n) is 5.77. The van der Waals surface area contributed by atoms with Crippen molar-refractivity contribution in [3.8, 4) is 0 Å². The van der Waals surface area contributed by atoms with Crippen molar-refractivity contribution in [3.05, 3.63) is 52.8 Å². The van der Waals surface area contributed by atoms with Gasteiger partial charge in [0.15, 0.2) is 0 Å². The molecule has 6 heteroatoms. The summed E-state index contributed by atoms with van der Waals surface area (Å²) >= 11 is 0. The molecule has 1 aromatic heterocycles. The van der Waals surface area contributed by atoms with E-state index < -0.39 is 6.10 Å². The van der Waals surface area contributed by atoms with E-state index in [-0.39, 0.29) is 12.6 Å². The highest BCUT2D eigenvalue weighted by Gasteiger charge is 2.10. The van der Waals surface area contributed by atoms with E-state index >= 15 is 0 Å². The number of hydrogen-bond donors (Lipinski definition) is 3. The predicted molar refractivity (Wildman–Crippen MR) is 89.2 cm³/mol. The number of aliphatic hydroxyl groups excluding tert-OH is 1. The van der Waals surface area contributed by atoms with Gasteiger partial charge < -0.3 is 15.7 Å². The van der Waals surface area contributed by atoms with Gasteiger partial charge in [0.05, 0.1) is 6.10 Å². The number of amides is 2. The van der Waals surface area contributed by atoms with E-state index in [9.17, 15) is 9.90 Å². The molecule has 0 saturated heterocycles. The van der Waals surface area contributed by atoms with Crippen LogP contribution in [0.1, 0.15) is 28.5 Å². The molecule has 1 aromatic carbocycles. The molecular formula is C17H24N4O2. The third kappa shape index (κ3) is 5.10. The summed E-state index contributed by atoms with van der Waals surface area (Å²) in [4.78, 5) is 11.8. The van der Waals surface area contributed by atoms with Gasteiger partial charge in [-0.2, -0.15) is 5.10 Å². The minimum absolute atomic E-state index is 0.181. The van der Waals surface area contributed by atoms with Crippen LogP contribution in [0.25, 0.3) is 0 Å². The van der Waals surface area contributed by atoms with Crippen molar-refractivity contribution >= 4 is 6.03 Å². The van der Waals surface area contributed by atoms with Crippen molar-refractivity contribution < 1.29 is 9.90 Å². The monoisotopic (exact) mass is 316 g/mol. The minimum atomic E-state index is -0.712. The van der Waals surface area contributed by atoms with Gasteiger partial charge in [-0.3, -0.25) is 4.68 Å². The number of benzene rings is 1. The summed E-state index contributed by atoms with van der Waals surface area (Å²) in [5.41, 5.74) is 4.07. The van der Waals surface area contributed by atoms with Gasteiger partial charge in [-0.05, 0) is 25.5 Å². The first-order valence-electron chi connectivity index (χ1n) is 7.70. The van der Waals surface area contributed by atoms with Crippen molar-refractivity contribution in [2.75, 3.05) is 13.1 Å². The van der Waals surface area contributed by atoms with Gasteiger partial charge in [-0.15, -0.1) is 0 Å². The molecule has 6 nitrogen and oxygen atoms in total. The Kier molecular flexibility index (Phi) is 5.76. The third-order valence-corrected chi connectivity index (χ3v) is 3.67. The van der Waals surface area contributed by atoms with E-state index in [4.69, 9.17) is 0 Å². The number of nitrogens with one attached hydrogen (secondary N) is 2. The van der Waals surface area contributed by atoms with Crippen LogP contribution in [-0.4, -0.2) is 34.0 Å². The summed E-state index contributed by atoms with van der Waals surface area (Å²) in [6, 6.07) is 7.55. The maximum atomic E-state index is 11.8. The molecule has 1 heterocycles. The van der Waals surface area contributed by atoms with E-state index in [1.807, 2.05) is 39.1 Å². The molecule has 2 amide bonds. The Morgan fingerprint density at radius 1 is 1.26 bits per heavy atom. The third-order valence-electron chi connectivity index (χ3n) is 3.67. The highest BCUT2D eigenvalue weighted by atomic mass is 16.3. The molecule has 2 aromatic rings. The van der Waals surface area contributed by atoms with Crippen LogP contribution in [0.15, 0.2) is 30.5 Å². The van der Waals surface area contributed by atoms with Gasteiger partial charge in [0.25, 0.3) is 0 Å². The molecule has 23 heavy (non-hydrogen) atoms. The first-order valence-corrected chi connectivity index (χ1v) is 7.70. The number of rotatable bonds is 6. The summed E-state index contributed by atoms with van der Waals surface area (Å²) in [6.07, 6.45) is 1.73. The second-order valence-corrected chi connectivity index (χ2v) is 5.77. The average Bonchev–Trinajstić information content (AvgIpc) is 2.89. The number of urea groups is 1. The Balaban J connectivity index is 1.74. The summed E-state index contributed by atoms with van der Waals surface area (Å²) in [5.74, 6) is 0. The molecule has 3 N–H and O–H groups in total. The Labute approximate surface area is 136 Å². The fraction of sp³-hybridized carbons (Fsp3) is 0.412. The molecule has 0 aliphatic rings. The lowest BCUT2D eigenvalue weighted by molar-refractivity contribution is 0.173. The zero-order valence-corrected chi connectivity index (χ0v) is 13.8. The van der Waals surface area contributed by atoms with E-state index in [1.54, 1.807) is 10.9 Å². The van der Waals surface area contributed by atoms with Crippen LogP contribution in [0.3, 0.4) is 0 Å². The first-order chi connectivity index (χ1) is 11.0. The van der Waals surface area contributed by atoms with Crippen LogP contribution in [0.2, 0.25) is 0 Å². The van der Waals surface area contributed by atoms with Gasteiger partial charge >= 0.3 is 6.03 Å². The molecule has 124 valence electrons. The fourth-order valence-corrected chi connectivity index (χ4v) is 2.52. The summed E-state index contributed by atoms with van der Waals surface area (Å²) in [7, 11) is 1.87. The number of nitrogens with zero attached hydrogens (tertiary/aromatic N) is 2. The number of aryl methyl sites for hydroxylation is 3. The Morgan fingerprint density at radius 3 is 2.57 bits per heavy atom. The van der Waals surface area contributed by atoms with Gasteiger partial charge in [-0.1, -0.05) is 29.3 Å². The van der Waals surface area contributed by atoms with Crippen LogP contribution in [0, 0.1) is 13.8 Å². The lowest BCUT2D eigenvalue weighted by atomic mass is 10.0. The van der Waals surface area contributed by atoms with Gasteiger partial charge in [0.2, 0.25) is 0 Å². The van der Waals surface area contributed by atoms with E-state index in [2.05, 4.69) is 21.8 Å².